The first-order valence-corrected chi connectivity index (χ1v) is 10.3. The number of aliphatic carboxylic acids is 1. The largest absolute Gasteiger partial charge is 0.478 e. The molecule has 2 amide bonds. The van der Waals surface area contributed by atoms with Crippen LogP contribution in [-0.2, 0) is 16.6 Å². The Morgan fingerprint density at radius 1 is 1.09 bits per heavy atom. The molecule has 1 aromatic heterocycles. The summed E-state index contributed by atoms with van der Waals surface area (Å²) in [5.41, 5.74) is 4.70. The molecule has 0 aliphatic heterocycles. The highest BCUT2D eigenvalue weighted by molar-refractivity contribution is 5.94. The Bertz CT molecular complexity index is 1200. The Balaban J connectivity index is 1.37. The van der Waals surface area contributed by atoms with Crippen molar-refractivity contribution in [3.63, 3.8) is 0 Å². The Hall–Kier alpha value is -4.40. The number of aryl methyl sites for hydroxylation is 1. The second-order valence-electron chi connectivity index (χ2n) is 7.44. The standard InChI is InChI=1S/C24H22N4O5/c1-28-20(23(31)25-12-6-11-22(29)30)13-21(27-28)26-24(32)33-14-19-17-9-4-2-7-15(17)16-8-3-5-10-18(16)19/h2-11,13,19H,12,14H2,1H3,(H,25,31)(H,29,30)(H,26,27,32)/b11-6+. The van der Waals surface area contributed by atoms with Crippen LogP contribution in [0.25, 0.3) is 11.1 Å². The predicted octanol–water partition coefficient (Wildman–Crippen LogP) is 3.15. The van der Waals surface area contributed by atoms with Crippen molar-refractivity contribution >= 4 is 23.8 Å². The molecular weight excluding hydrogens is 424 g/mol. The molecule has 0 unspecified atom stereocenters. The molecule has 33 heavy (non-hydrogen) atoms. The first-order chi connectivity index (χ1) is 15.9. The first kappa shape index (κ1) is 21.8. The van der Waals surface area contributed by atoms with Crippen LogP contribution >= 0.6 is 0 Å². The number of nitrogens with one attached hydrogen (secondary N) is 2. The number of nitrogens with zero attached hydrogens (tertiary/aromatic N) is 2. The minimum absolute atomic E-state index is 0.0471. The molecule has 9 heteroatoms. The fourth-order valence-electron chi connectivity index (χ4n) is 3.88. The van der Waals surface area contributed by atoms with Gasteiger partial charge < -0.3 is 15.2 Å². The van der Waals surface area contributed by atoms with Crippen molar-refractivity contribution in [1.29, 1.82) is 0 Å². The quantitative estimate of drug-likeness (QED) is 0.479. The second-order valence-corrected chi connectivity index (χ2v) is 7.44. The van der Waals surface area contributed by atoms with E-state index in [0.29, 0.717) is 0 Å². The van der Waals surface area contributed by atoms with Crippen LogP contribution in [0.4, 0.5) is 10.6 Å². The summed E-state index contributed by atoms with van der Waals surface area (Å²) in [6.07, 6.45) is 1.58. The molecular formula is C24H22N4O5. The third-order valence-corrected chi connectivity index (χ3v) is 5.33. The molecule has 2 aromatic carbocycles. The van der Waals surface area contributed by atoms with Gasteiger partial charge in [0.15, 0.2) is 5.82 Å². The molecule has 4 rings (SSSR count). The summed E-state index contributed by atoms with van der Waals surface area (Å²) in [7, 11) is 1.56. The number of carboxylic acids is 1. The Labute approximate surface area is 189 Å². The van der Waals surface area contributed by atoms with E-state index in [1.165, 1.54) is 16.8 Å². The third-order valence-electron chi connectivity index (χ3n) is 5.33. The summed E-state index contributed by atoms with van der Waals surface area (Å²) < 4.78 is 6.81. The molecule has 0 saturated heterocycles. The maximum Gasteiger partial charge on any atom is 0.412 e. The molecule has 3 aromatic rings. The minimum Gasteiger partial charge on any atom is -0.478 e. The number of carbonyl (C=O) groups is 3. The Kier molecular flexibility index (Phi) is 6.21. The van der Waals surface area contributed by atoms with E-state index in [1.54, 1.807) is 7.05 Å². The number of hydrogen-bond donors (Lipinski definition) is 3. The predicted molar refractivity (Wildman–Crippen MR) is 121 cm³/mol. The smallest absolute Gasteiger partial charge is 0.412 e. The summed E-state index contributed by atoms with van der Waals surface area (Å²) >= 11 is 0. The average molecular weight is 446 g/mol. The van der Waals surface area contributed by atoms with Crippen molar-refractivity contribution in [2.45, 2.75) is 5.92 Å². The number of carboxylic acid groups (broad SMARTS) is 1. The molecule has 0 bridgehead atoms. The van der Waals surface area contributed by atoms with Gasteiger partial charge in [-0.2, -0.15) is 5.10 Å². The Morgan fingerprint density at radius 2 is 1.73 bits per heavy atom. The van der Waals surface area contributed by atoms with E-state index in [1.807, 2.05) is 36.4 Å². The van der Waals surface area contributed by atoms with Crippen molar-refractivity contribution in [2.24, 2.45) is 7.05 Å². The number of rotatable bonds is 7. The normalized spacial score (nSPS) is 12.3. The number of anilines is 1. The monoisotopic (exact) mass is 446 g/mol. The van der Waals surface area contributed by atoms with E-state index in [2.05, 4.69) is 27.9 Å². The molecule has 1 aliphatic rings. The van der Waals surface area contributed by atoms with Gasteiger partial charge in [0.05, 0.1) is 0 Å². The maximum atomic E-state index is 12.4. The van der Waals surface area contributed by atoms with Crippen molar-refractivity contribution in [2.75, 3.05) is 18.5 Å². The number of ether oxygens (including phenoxy) is 1. The molecule has 0 fully saturated rings. The molecule has 9 nitrogen and oxygen atoms in total. The molecule has 168 valence electrons. The summed E-state index contributed by atoms with van der Waals surface area (Å²) in [5.74, 6) is -1.45. The van der Waals surface area contributed by atoms with Gasteiger partial charge >= 0.3 is 12.1 Å². The lowest BCUT2D eigenvalue weighted by molar-refractivity contribution is -0.131. The number of benzene rings is 2. The molecule has 0 spiro atoms. The fourth-order valence-corrected chi connectivity index (χ4v) is 3.88. The van der Waals surface area contributed by atoms with Gasteiger partial charge in [0.25, 0.3) is 5.91 Å². The second kappa shape index (κ2) is 9.39. The third kappa shape index (κ3) is 4.77. The summed E-state index contributed by atoms with van der Waals surface area (Å²) in [6.45, 7) is 0.210. The van der Waals surface area contributed by atoms with Crippen LogP contribution in [0.1, 0.15) is 27.5 Å². The number of hydrogen-bond acceptors (Lipinski definition) is 5. The van der Waals surface area contributed by atoms with Crippen LogP contribution in [-0.4, -0.2) is 46.0 Å². The van der Waals surface area contributed by atoms with E-state index in [9.17, 15) is 14.4 Å². The molecule has 0 radical (unpaired) electrons. The SMILES string of the molecule is Cn1nc(NC(=O)OCC2c3ccccc3-c3ccccc32)cc1C(=O)NC/C=C/C(=O)O. The molecule has 0 atom stereocenters. The van der Waals surface area contributed by atoms with Crippen molar-refractivity contribution in [3.05, 3.63) is 83.6 Å². The highest BCUT2D eigenvalue weighted by atomic mass is 16.5. The topological polar surface area (TPSA) is 123 Å². The van der Waals surface area contributed by atoms with Gasteiger partial charge in [0, 0.05) is 31.7 Å². The highest BCUT2D eigenvalue weighted by Crippen LogP contribution is 2.44. The molecule has 0 saturated carbocycles. The van der Waals surface area contributed by atoms with E-state index < -0.39 is 18.0 Å². The van der Waals surface area contributed by atoms with E-state index >= 15 is 0 Å². The summed E-state index contributed by atoms with van der Waals surface area (Å²) in [5, 5.41) is 17.8. The van der Waals surface area contributed by atoms with Gasteiger partial charge in [-0.3, -0.25) is 14.8 Å². The van der Waals surface area contributed by atoms with E-state index in [-0.39, 0.29) is 30.6 Å². The van der Waals surface area contributed by atoms with Crippen LogP contribution in [0, 0.1) is 0 Å². The lowest BCUT2D eigenvalue weighted by atomic mass is 9.98. The van der Waals surface area contributed by atoms with E-state index in [4.69, 9.17) is 9.84 Å². The number of aromatic nitrogens is 2. The van der Waals surface area contributed by atoms with Crippen molar-refractivity contribution < 1.29 is 24.2 Å². The van der Waals surface area contributed by atoms with Crippen LogP contribution in [0.3, 0.4) is 0 Å². The summed E-state index contributed by atoms with van der Waals surface area (Å²) in [6, 6.07) is 17.5. The van der Waals surface area contributed by atoms with Crippen LogP contribution in [0.5, 0.6) is 0 Å². The zero-order valence-electron chi connectivity index (χ0n) is 17.8. The average Bonchev–Trinajstić information content (AvgIpc) is 3.32. The lowest BCUT2D eigenvalue weighted by Gasteiger charge is -2.14. The van der Waals surface area contributed by atoms with Crippen molar-refractivity contribution in [1.82, 2.24) is 15.1 Å². The first-order valence-electron chi connectivity index (χ1n) is 10.3. The lowest BCUT2D eigenvalue weighted by Crippen LogP contribution is -2.25. The number of amides is 2. The molecule has 1 heterocycles. The zero-order valence-corrected chi connectivity index (χ0v) is 17.8. The van der Waals surface area contributed by atoms with Crippen molar-refractivity contribution in [3.8, 4) is 11.1 Å². The van der Waals surface area contributed by atoms with Crippen LogP contribution < -0.4 is 10.6 Å². The molecule has 1 aliphatic carbocycles. The van der Waals surface area contributed by atoms with E-state index in [0.717, 1.165) is 28.3 Å². The van der Waals surface area contributed by atoms with Gasteiger partial charge in [-0.1, -0.05) is 54.6 Å². The van der Waals surface area contributed by atoms with Gasteiger partial charge in [-0.15, -0.1) is 0 Å². The maximum absolute atomic E-state index is 12.4. The van der Waals surface area contributed by atoms with Gasteiger partial charge in [-0.25, -0.2) is 9.59 Å². The zero-order chi connectivity index (χ0) is 23.4. The minimum atomic E-state index is -1.10. The Morgan fingerprint density at radius 3 is 2.36 bits per heavy atom. The number of fused-ring (bicyclic) bond motifs is 3. The molecule has 3 N–H and O–H groups in total. The van der Waals surface area contributed by atoms with Gasteiger partial charge in [0.2, 0.25) is 0 Å². The number of carbonyl (C=O) groups excluding carboxylic acids is 2. The van der Waals surface area contributed by atoms with Crippen LogP contribution in [0.15, 0.2) is 66.7 Å². The summed E-state index contributed by atoms with van der Waals surface area (Å²) in [4.78, 5) is 35.1. The van der Waals surface area contributed by atoms with Crippen LogP contribution in [0.2, 0.25) is 0 Å². The fraction of sp³-hybridized carbons (Fsp3) is 0.167. The van der Waals surface area contributed by atoms with Gasteiger partial charge in [-0.05, 0) is 22.3 Å². The highest BCUT2D eigenvalue weighted by Gasteiger charge is 2.29. The van der Waals surface area contributed by atoms with Gasteiger partial charge in [0.1, 0.15) is 12.3 Å².